The van der Waals surface area contributed by atoms with E-state index in [4.69, 9.17) is 4.74 Å². The van der Waals surface area contributed by atoms with Crippen molar-refractivity contribution in [2.75, 3.05) is 18.0 Å². The summed E-state index contributed by atoms with van der Waals surface area (Å²) in [5.74, 6) is 0. The van der Waals surface area contributed by atoms with Gasteiger partial charge in [0.2, 0.25) is 0 Å². The summed E-state index contributed by atoms with van der Waals surface area (Å²) in [6, 6.07) is 2.64. The van der Waals surface area contributed by atoms with Gasteiger partial charge in [-0.3, -0.25) is 4.98 Å². The summed E-state index contributed by atoms with van der Waals surface area (Å²) in [6.45, 7) is 7.27. The van der Waals surface area contributed by atoms with Gasteiger partial charge in [0.05, 0.1) is 12.2 Å². The van der Waals surface area contributed by atoms with E-state index in [0.717, 1.165) is 19.6 Å². The number of morpholine rings is 1. The van der Waals surface area contributed by atoms with Gasteiger partial charge in [0.1, 0.15) is 0 Å². The highest BCUT2D eigenvalue weighted by Gasteiger charge is 2.34. The van der Waals surface area contributed by atoms with Crippen molar-refractivity contribution < 1.29 is 4.74 Å². The normalized spacial score (nSPS) is 26.2. The summed E-state index contributed by atoms with van der Waals surface area (Å²) in [4.78, 5) is 6.75. The lowest BCUT2D eigenvalue weighted by molar-refractivity contribution is 0.0304. The fourth-order valence-corrected chi connectivity index (χ4v) is 2.99. The summed E-state index contributed by atoms with van der Waals surface area (Å²) in [5, 5.41) is 3.48. The van der Waals surface area contributed by atoms with Crippen LogP contribution in [0.15, 0.2) is 18.5 Å². The Morgan fingerprint density at radius 2 is 2.11 bits per heavy atom. The van der Waals surface area contributed by atoms with Crippen LogP contribution in [0.5, 0.6) is 0 Å². The van der Waals surface area contributed by atoms with Crippen LogP contribution in [0.25, 0.3) is 0 Å². The van der Waals surface area contributed by atoms with Gasteiger partial charge in [-0.25, -0.2) is 0 Å². The van der Waals surface area contributed by atoms with Crippen LogP contribution < -0.4 is 10.2 Å². The van der Waals surface area contributed by atoms with Crippen molar-refractivity contribution in [1.29, 1.82) is 0 Å². The van der Waals surface area contributed by atoms with Crippen LogP contribution in [0.3, 0.4) is 0 Å². The minimum absolute atomic E-state index is 0.429. The average Bonchev–Trinajstić information content (AvgIpc) is 2.75. The first-order valence-electron chi connectivity index (χ1n) is 7.29. The second-order valence-electron chi connectivity index (χ2n) is 5.90. The Kier molecular flexibility index (Phi) is 3.71. The van der Waals surface area contributed by atoms with Crippen LogP contribution in [0, 0.1) is 0 Å². The maximum Gasteiger partial charge on any atom is 0.0755 e. The number of fused-ring (bicyclic) bond motifs is 2. The molecule has 2 fully saturated rings. The van der Waals surface area contributed by atoms with Gasteiger partial charge in [-0.15, -0.1) is 0 Å². The molecule has 4 nitrogen and oxygen atoms in total. The lowest BCUT2D eigenvalue weighted by atomic mass is 10.1. The number of nitrogens with one attached hydrogen (secondary N) is 1. The van der Waals surface area contributed by atoms with Gasteiger partial charge in [0, 0.05) is 49.3 Å². The number of hydrogen-bond donors (Lipinski definition) is 1. The van der Waals surface area contributed by atoms with E-state index in [9.17, 15) is 0 Å². The molecule has 3 heterocycles. The summed E-state index contributed by atoms with van der Waals surface area (Å²) in [7, 11) is 0. The van der Waals surface area contributed by atoms with E-state index in [1.807, 2.05) is 12.4 Å². The van der Waals surface area contributed by atoms with Crippen molar-refractivity contribution in [1.82, 2.24) is 10.3 Å². The van der Waals surface area contributed by atoms with Gasteiger partial charge in [0.15, 0.2) is 0 Å². The van der Waals surface area contributed by atoms with Crippen LogP contribution in [0.1, 0.15) is 32.3 Å². The highest BCUT2D eigenvalue weighted by Crippen LogP contribution is 2.30. The first kappa shape index (κ1) is 12.9. The summed E-state index contributed by atoms with van der Waals surface area (Å²) in [5.41, 5.74) is 2.61. The van der Waals surface area contributed by atoms with Crippen molar-refractivity contribution >= 4 is 5.69 Å². The zero-order valence-electron chi connectivity index (χ0n) is 11.8. The Morgan fingerprint density at radius 3 is 2.79 bits per heavy atom. The van der Waals surface area contributed by atoms with Crippen molar-refractivity contribution in [3.05, 3.63) is 24.0 Å². The van der Waals surface area contributed by atoms with Gasteiger partial charge in [0.25, 0.3) is 0 Å². The number of anilines is 1. The Balaban J connectivity index is 1.76. The third-order valence-electron chi connectivity index (χ3n) is 3.96. The predicted octanol–water partition coefficient (Wildman–Crippen LogP) is 1.95. The van der Waals surface area contributed by atoms with E-state index in [2.05, 4.69) is 35.1 Å². The first-order chi connectivity index (χ1) is 9.22. The molecule has 1 aromatic rings. The molecular formula is C15H23N3O. The molecule has 4 heteroatoms. The summed E-state index contributed by atoms with van der Waals surface area (Å²) < 4.78 is 5.91. The van der Waals surface area contributed by atoms with E-state index in [1.165, 1.54) is 24.1 Å². The predicted molar refractivity (Wildman–Crippen MR) is 76.3 cm³/mol. The Morgan fingerprint density at radius 1 is 1.37 bits per heavy atom. The number of hydrogen-bond acceptors (Lipinski definition) is 4. The van der Waals surface area contributed by atoms with E-state index in [-0.39, 0.29) is 0 Å². The molecule has 1 aromatic heterocycles. The second-order valence-corrected chi connectivity index (χ2v) is 5.90. The first-order valence-corrected chi connectivity index (χ1v) is 7.29. The van der Waals surface area contributed by atoms with Crippen molar-refractivity contribution in [3.63, 3.8) is 0 Å². The largest absolute Gasteiger partial charge is 0.371 e. The smallest absolute Gasteiger partial charge is 0.0755 e. The molecule has 2 saturated heterocycles. The third-order valence-corrected chi connectivity index (χ3v) is 3.96. The van der Waals surface area contributed by atoms with Gasteiger partial charge < -0.3 is 15.0 Å². The van der Waals surface area contributed by atoms with E-state index >= 15 is 0 Å². The number of rotatable bonds is 4. The molecule has 2 atom stereocenters. The van der Waals surface area contributed by atoms with E-state index < -0.39 is 0 Å². The molecule has 2 unspecified atom stereocenters. The molecule has 2 aliphatic heterocycles. The minimum atomic E-state index is 0.429. The fourth-order valence-electron chi connectivity index (χ4n) is 2.99. The highest BCUT2D eigenvalue weighted by atomic mass is 16.5. The lowest BCUT2D eigenvalue weighted by Gasteiger charge is -2.35. The number of pyridine rings is 1. The quantitative estimate of drug-likeness (QED) is 0.899. The Hall–Kier alpha value is -1.13. The maximum atomic E-state index is 5.91. The van der Waals surface area contributed by atoms with Crippen LogP contribution in [0.4, 0.5) is 5.69 Å². The molecule has 19 heavy (non-hydrogen) atoms. The SMILES string of the molecule is CC(C)NCc1cnccc1N1CC2CCC(C1)O2. The molecule has 3 rings (SSSR count). The second kappa shape index (κ2) is 5.47. The third kappa shape index (κ3) is 2.90. The van der Waals surface area contributed by atoms with Crippen LogP contribution in [-0.2, 0) is 11.3 Å². The molecule has 0 spiro atoms. The average molecular weight is 261 g/mol. The molecule has 0 saturated carbocycles. The van der Waals surface area contributed by atoms with Crippen LogP contribution in [0.2, 0.25) is 0 Å². The molecule has 2 bridgehead atoms. The van der Waals surface area contributed by atoms with Gasteiger partial charge in [-0.05, 0) is 18.9 Å². The zero-order chi connectivity index (χ0) is 13.2. The zero-order valence-corrected chi connectivity index (χ0v) is 11.8. The number of nitrogens with zero attached hydrogens (tertiary/aromatic N) is 2. The van der Waals surface area contributed by atoms with Crippen LogP contribution >= 0.6 is 0 Å². The van der Waals surface area contributed by atoms with Crippen molar-refractivity contribution in [3.8, 4) is 0 Å². The molecule has 2 aliphatic rings. The molecule has 0 amide bonds. The van der Waals surface area contributed by atoms with Gasteiger partial charge in [-0.2, -0.15) is 0 Å². The Labute approximate surface area is 115 Å². The van der Waals surface area contributed by atoms with E-state index in [0.29, 0.717) is 18.2 Å². The van der Waals surface area contributed by atoms with Crippen molar-refractivity contribution in [2.24, 2.45) is 0 Å². The monoisotopic (exact) mass is 261 g/mol. The highest BCUT2D eigenvalue weighted by molar-refractivity contribution is 5.53. The van der Waals surface area contributed by atoms with Gasteiger partial charge in [-0.1, -0.05) is 13.8 Å². The molecule has 104 valence electrons. The molecule has 0 aliphatic carbocycles. The lowest BCUT2D eigenvalue weighted by Crippen LogP contribution is -2.43. The molecule has 1 N–H and O–H groups in total. The topological polar surface area (TPSA) is 37.4 Å². The van der Waals surface area contributed by atoms with E-state index in [1.54, 1.807) is 0 Å². The van der Waals surface area contributed by atoms with Crippen molar-refractivity contribution in [2.45, 2.75) is 51.5 Å². The Bertz CT molecular complexity index is 423. The van der Waals surface area contributed by atoms with Crippen LogP contribution in [-0.4, -0.2) is 36.3 Å². The molecular weight excluding hydrogens is 238 g/mol. The molecule has 0 radical (unpaired) electrons. The fraction of sp³-hybridized carbons (Fsp3) is 0.667. The number of ether oxygens (including phenoxy) is 1. The standard InChI is InChI=1S/C15H23N3O/c1-11(2)17-8-12-7-16-6-5-15(12)18-9-13-3-4-14(10-18)19-13/h5-7,11,13-14,17H,3-4,8-10H2,1-2H3. The minimum Gasteiger partial charge on any atom is -0.371 e. The number of aromatic nitrogens is 1. The maximum absolute atomic E-state index is 5.91. The summed E-state index contributed by atoms with van der Waals surface area (Å²) >= 11 is 0. The van der Waals surface area contributed by atoms with Gasteiger partial charge >= 0.3 is 0 Å². The molecule has 0 aromatic carbocycles. The summed E-state index contributed by atoms with van der Waals surface area (Å²) in [6.07, 6.45) is 7.17.